The van der Waals surface area contributed by atoms with E-state index in [0.29, 0.717) is 19.6 Å². The highest BCUT2D eigenvalue weighted by molar-refractivity contribution is 5.79. The van der Waals surface area contributed by atoms with E-state index < -0.39 is 17.3 Å². The van der Waals surface area contributed by atoms with Crippen molar-refractivity contribution in [3.8, 4) is 0 Å². The van der Waals surface area contributed by atoms with Gasteiger partial charge in [-0.15, -0.1) is 0 Å². The number of carbonyl (C=O) groups is 1. The fraction of sp³-hybridized carbons (Fsp3) is 0.741. The van der Waals surface area contributed by atoms with Gasteiger partial charge in [-0.25, -0.2) is 0 Å². The van der Waals surface area contributed by atoms with Crippen molar-refractivity contribution >= 4 is 5.91 Å². The van der Waals surface area contributed by atoms with E-state index in [0.717, 1.165) is 18.9 Å². The fourth-order valence-corrected chi connectivity index (χ4v) is 5.49. The van der Waals surface area contributed by atoms with Crippen molar-refractivity contribution in [2.75, 3.05) is 33.4 Å². The van der Waals surface area contributed by atoms with Crippen LogP contribution in [0.2, 0.25) is 0 Å². The minimum absolute atomic E-state index is 0.00618. The summed E-state index contributed by atoms with van der Waals surface area (Å²) >= 11 is 0. The van der Waals surface area contributed by atoms with Crippen LogP contribution in [0.3, 0.4) is 0 Å². The number of nitrogens with zero attached hydrogens (tertiary/aromatic N) is 1. The molecule has 2 heterocycles. The molecule has 1 aromatic carbocycles. The topological polar surface area (TPSA) is 71.0 Å². The van der Waals surface area contributed by atoms with E-state index in [2.05, 4.69) is 12.2 Å². The van der Waals surface area contributed by atoms with Crippen molar-refractivity contribution in [3.05, 3.63) is 35.4 Å². The number of halogens is 3. The zero-order valence-corrected chi connectivity index (χ0v) is 21.8. The van der Waals surface area contributed by atoms with Crippen LogP contribution in [-0.4, -0.2) is 67.5 Å². The molecule has 0 radical (unpaired) electrons. The van der Waals surface area contributed by atoms with Gasteiger partial charge in [0.25, 0.3) is 0 Å². The van der Waals surface area contributed by atoms with Gasteiger partial charge in [0.1, 0.15) is 0 Å². The molecular weight excluding hydrogens is 473 g/mol. The molecule has 0 aliphatic carbocycles. The summed E-state index contributed by atoms with van der Waals surface area (Å²) in [7, 11) is 1.68. The highest BCUT2D eigenvalue weighted by atomic mass is 19.4. The molecular formula is C27H41F3N2O4. The fourth-order valence-electron chi connectivity index (χ4n) is 5.49. The molecule has 1 aromatic rings. The molecule has 0 spiro atoms. The average molecular weight is 515 g/mol. The first-order valence-electron chi connectivity index (χ1n) is 13.0. The molecule has 2 N–H and O–H groups in total. The Bertz CT molecular complexity index is 856. The molecule has 36 heavy (non-hydrogen) atoms. The molecule has 204 valence electrons. The van der Waals surface area contributed by atoms with Crippen LogP contribution in [-0.2, 0) is 26.0 Å². The number of hydrogen-bond acceptors (Lipinski definition) is 5. The van der Waals surface area contributed by atoms with Crippen LogP contribution in [0, 0.1) is 11.8 Å². The van der Waals surface area contributed by atoms with Gasteiger partial charge in [0.15, 0.2) is 0 Å². The number of benzene rings is 1. The zero-order chi connectivity index (χ0) is 26.5. The normalized spacial score (nSPS) is 24.5. The molecule has 2 aliphatic heterocycles. The monoisotopic (exact) mass is 514 g/mol. The van der Waals surface area contributed by atoms with Gasteiger partial charge in [0.2, 0.25) is 5.91 Å². The Morgan fingerprint density at radius 1 is 1.28 bits per heavy atom. The molecule has 9 heteroatoms. The third kappa shape index (κ3) is 6.79. The third-order valence-corrected chi connectivity index (χ3v) is 7.85. The van der Waals surface area contributed by atoms with Crippen molar-refractivity contribution in [3.63, 3.8) is 0 Å². The van der Waals surface area contributed by atoms with Crippen LogP contribution in [0.15, 0.2) is 24.3 Å². The molecule has 0 bridgehead atoms. The van der Waals surface area contributed by atoms with E-state index in [9.17, 15) is 23.1 Å². The average Bonchev–Trinajstić information content (AvgIpc) is 2.86. The van der Waals surface area contributed by atoms with Crippen molar-refractivity contribution < 1.29 is 32.5 Å². The Hall–Kier alpha value is -1.68. The Labute approximate surface area is 212 Å². The highest BCUT2D eigenvalue weighted by Gasteiger charge is 2.43. The first-order valence-corrected chi connectivity index (χ1v) is 13.0. The molecule has 4 atom stereocenters. The molecule has 2 fully saturated rings. The van der Waals surface area contributed by atoms with Gasteiger partial charge in [0.05, 0.1) is 23.9 Å². The number of likely N-dealkylation sites (tertiary alicyclic amines) is 1. The van der Waals surface area contributed by atoms with Crippen LogP contribution >= 0.6 is 0 Å². The smallest absolute Gasteiger partial charge is 0.385 e. The molecule has 2 saturated heterocycles. The van der Waals surface area contributed by atoms with Crippen molar-refractivity contribution in [2.24, 2.45) is 11.8 Å². The summed E-state index contributed by atoms with van der Waals surface area (Å²) in [4.78, 5) is 15.3. The van der Waals surface area contributed by atoms with Gasteiger partial charge in [0, 0.05) is 44.8 Å². The molecule has 0 aromatic heterocycles. The lowest BCUT2D eigenvalue weighted by Gasteiger charge is -2.41. The van der Waals surface area contributed by atoms with Gasteiger partial charge in [-0.3, -0.25) is 4.79 Å². The number of alkyl halides is 3. The molecule has 3 rings (SSSR count). The lowest BCUT2D eigenvalue weighted by Crippen LogP contribution is -2.53. The summed E-state index contributed by atoms with van der Waals surface area (Å²) in [6, 6.07) is 5.48. The quantitative estimate of drug-likeness (QED) is 0.513. The van der Waals surface area contributed by atoms with Gasteiger partial charge >= 0.3 is 6.18 Å². The Balaban J connectivity index is 1.66. The number of hydrogen-bond donors (Lipinski definition) is 2. The Kier molecular flexibility index (Phi) is 9.82. The summed E-state index contributed by atoms with van der Waals surface area (Å²) in [6.07, 6.45) is -2.06. The molecule has 1 amide bonds. The molecule has 4 unspecified atom stereocenters. The lowest BCUT2D eigenvalue weighted by atomic mass is 9.80. The van der Waals surface area contributed by atoms with Crippen LogP contribution in [0.1, 0.15) is 64.0 Å². The number of nitrogens with one attached hydrogen (secondary N) is 1. The van der Waals surface area contributed by atoms with Crippen molar-refractivity contribution in [2.45, 2.75) is 82.8 Å². The highest BCUT2D eigenvalue weighted by Crippen LogP contribution is 2.41. The minimum atomic E-state index is -4.55. The Morgan fingerprint density at radius 2 is 1.94 bits per heavy atom. The number of aliphatic hydroxyl groups is 1. The number of carbonyl (C=O) groups excluding carboxylic acids is 1. The van der Waals surface area contributed by atoms with Crippen molar-refractivity contribution in [1.82, 2.24) is 10.2 Å². The van der Waals surface area contributed by atoms with E-state index >= 15 is 0 Å². The number of rotatable bonds is 9. The standard InChI is InChI=1S/C27H41F3N2O4/c1-5-19(31-23-10-15-36-17-24(23)35-4)16-20(18(2)3)25(33)32-13-11-26(34,12-14-32)21-8-6-7-9-22(21)27(28,29)30/h6-9,18-20,23-24,31,34H,5,10-17H2,1-4H3. The maximum atomic E-state index is 13.6. The molecule has 6 nitrogen and oxygen atoms in total. The Morgan fingerprint density at radius 3 is 2.53 bits per heavy atom. The van der Waals surface area contributed by atoms with Gasteiger partial charge < -0.3 is 24.8 Å². The summed E-state index contributed by atoms with van der Waals surface area (Å²) in [5.41, 5.74) is -2.53. The number of piperidine rings is 1. The van der Waals surface area contributed by atoms with Crippen molar-refractivity contribution in [1.29, 1.82) is 0 Å². The van der Waals surface area contributed by atoms with Crippen LogP contribution < -0.4 is 5.32 Å². The molecule has 2 aliphatic rings. The van der Waals surface area contributed by atoms with Gasteiger partial charge in [-0.1, -0.05) is 39.0 Å². The number of ether oxygens (including phenoxy) is 2. The summed E-state index contributed by atoms with van der Waals surface area (Å²) in [5, 5.41) is 14.9. The predicted molar refractivity (Wildman–Crippen MR) is 131 cm³/mol. The van der Waals surface area contributed by atoms with Gasteiger partial charge in [-0.2, -0.15) is 13.2 Å². The second-order valence-electron chi connectivity index (χ2n) is 10.5. The second-order valence-corrected chi connectivity index (χ2v) is 10.5. The lowest BCUT2D eigenvalue weighted by molar-refractivity contribution is -0.147. The van der Waals surface area contributed by atoms with Gasteiger partial charge in [-0.05, 0) is 49.7 Å². The maximum absolute atomic E-state index is 13.6. The number of amides is 1. The minimum Gasteiger partial charge on any atom is -0.385 e. The van der Waals surface area contributed by atoms with Crippen LogP contribution in [0.4, 0.5) is 13.2 Å². The first kappa shape index (κ1) is 28.9. The van der Waals surface area contributed by atoms with E-state index in [1.807, 2.05) is 13.8 Å². The molecule has 0 saturated carbocycles. The van der Waals surface area contributed by atoms with E-state index in [-0.39, 0.29) is 67.4 Å². The summed E-state index contributed by atoms with van der Waals surface area (Å²) in [5.74, 6) is -0.114. The zero-order valence-electron chi connectivity index (χ0n) is 21.8. The largest absolute Gasteiger partial charge is 0.416 e. The summed E-state index contributed by atoms with van der Waals surface area (Å²) < 4.78 is 51.7. The van der Waals surface area contributed by atoms with E-state index in [1.165, 1.54) is 18.2 Å². The SMILES string of the molecule is CCC(CC(C(=O)N1CCC(O)(c2ccccc2C(F)(F)F)CC1)C(C)C)NC1CCOCC1OC. The van der Waals surface area contributed by atoms with Crippen LogP contribution in [0.25, 0.3) is 0 Å². The second kappa shape index (κ2) is 12.2. The maximum Gasteiger partial charge on any atom is 0.416 e. The third-order valence-electron chi connectivity index (χ3n) is 7.85. The van der Waals surface area contributed by atoms with E-state index in [4.69, 9.17) is 9.47 Å². The first-order chi connectivity index (χ1) is 17.0. The van der Waals surface area contributed by atoms with E-state index in [1.54, 1.807) is 12.0 Å². The van der Waals surface area contributed by atoms with Crippen LogP contribution in [0.5, 0.6) is 0 Å². The predicted octanol–water partition coefficient (Wildman–Crippen LogP) is 4.35. The summed E-state index contributed by atoms with van der Waals surface area (Å²) in [6.45, 7) is 7.82. The number of methoxy groups -OCH3 is 1.